The molecule has 1 N–H and O–H groups in total. The summed E-state index contributed by atoms with van der Waals surface area (Å²) in [5.41, 5.74) is -1.87. The number of hydrogen-bond donors (Lipinski definition) is 1. The van der Waals surface area contributed by atoms with Crippen LogP contribution in [0.5, 0.6) is 5.75 Å². The molecule has 0 atom stereocenters. The van der Waals surface area contributed by atoms with Gasteiger partial charge in [0, 0.05) is 12.8 Å². The van der Waals surface area contributed by atoms with Crippen molar-refractivity contribution in [2.24, 2.45) is 0 Å². The van der Waals surface area contributed by atoms with Gasteiger partial charge >= 0.3 is 5.97 Å². The first-order valence-corrected chi connectivity index (χ1v) is 5.41. The maximum atomic E-state index is 13.5. The second kappa shape index (κ2) is 4.40. The Morgan fingerprint density at radius 1 is 1.37 bits per heavy atom. The van der Waals surface area contributed by atoms with Crippen LogP contribution in [0.2, 0.25) is 0 Å². The summed E-state index contributed by atoms with van der Waals surface area (Å²) >= 11 is 0. The minimum absolute atomic E-state index is 0.0744. The van der Waals surface area contributed by atoms with E-state index in [1.165, 1.54) is 0 Å². The van der Waals surface area contributed by atoms with Crippen molar-refractivity contribution in [1.82, 2.24) is 0 Å². The molecule has 3 nitrogen and oxygen atoms in total. The highest BCUT2D eigenvalue weighted by Crippen LogP contribution is 2.53. The summed E-state index contributed by atoms with van der Waals surface area (Å²) < 4.78 is 55.6. The largest absolute Gasteiger partial charge is 0.481 e. The van der Waals surface area contributed by atoms with Gasteiger partial charge in [-0.2, -0.15) is 0 Å². The van der Waals surface area contributed by atoms with Crippen molar-refractivity contribution in [3.05, 3.63) is 29.6 Å². The Morgan fingerprint density at radius 2 is 2.00 bits per heavy atom. The molecule has 0 radical (unpaired) electrons. The fourth-order valence-corrected chi connectivity index (χ4v) is 2.28. The summed E-state index contributed by atoms with van der Waals surface area (Å²) in [4.78, 5) is 11.2. The quantitative estimate of drug-likeness (QED) is 0.861. The molecule has 0 heterocycles. The van der Waals surface area contributed by atoms with Gasteiger partial charge in [0.2, 0.25) is 6.86 Å². The van der Waals surface area contributed by atoms with Crippen molar-refractivity contribution in [3.63, 3.8) is 0 Å². The molecule has 19 heavy (non-hydrogen) atoms. The topological polar surface area (TPSA) is 46.5 Å². The van der Waals surface area contributed by atoms with Crippen molar-refractivity contribution in [2.45, 2.75) is 24.2 Å². The molecule has 1 aliphatic rings. The van der Waals surface area contributed by atoms with Crippen LogP contribution in [-0.4, -0.2) is 23.9 Å². The predicted octanol–water partition coefficient (Wildman–Crippen LogP) is 2.88. The first kappa shape index (κ1) is 13.6. The van der Waals surface area contributed by atoms with Gasteiger partial charge in [-0.3, -0.25) is 4.79 Å². The molecular weight excluding hydrogens is 268 g/mol. The molecule has 0 amide bonds. The molecule has 1 saturated carbocycles. The zero-order chi connectivity index (χ0) is 14.3. The third-order valence-electron chi connectivity index (χ3n) is 3.22. The van der Waals surface area contributed by atoms with Gasteiger partial charge in [0.25, 0.3) is 5.92 Å². The molecule has 2 rings (SSSR count). The van der Waals surface area contributed by atoms with E-state index in [9.17, 15) is 22.4 Å². The lowest BCUT2D eigenvalue weighted by atomic mass is 9.62. The number of carboxylic acids is 1. The monoisotopic (exact) mass is 278 g/mol. The van der Waals surface area contributed by atoms with Crippen LogP contribution in [0.1, 0.15) is 18.4 Å². The Hall–Kier alpha value is -1.79. The van der Waals surface area contributed by atoms with E-state index in [0.29, 0.717) is 0 Å². The standard InChI is InChI=1S/C12H10F4O3/c13-6-19-9-2-1-7(3-8(9)14)11(10(17)18)4-12(15,16)5-11/h1-3H,4-6H2,(H,17,18). The second-order valence-corrected chi connectivity index (χ2v) is 4.50. The molecule has 0 aromatic heterocycles. The fourth-order valence-electron chi connectivity index (χ4n) is 2.28. The molecule has 0 spiro atoms. The van der Waals surface area contributed by atoms with Gasteiger partial charge in [-0.25, -0.2) is 17.6 Å². The average Bonchev–Trinajstić information content (AvgIpc) is 2.28. The predicted molar refractivity (Wildman–Crippen MR) is 56.5 cm³/mol. The number of ether oxygens (including phenoxy) is 1. The molecule has 0 bridgehead atoms. The molecule has 1 aromatic carbocycles. The summed E-state index contributed by atoms with van der Waals surface area (Å²) in [5.74, 6) is -5.87. The van der Waals surface area contributed by atoms with Crippen LogP contribution < -0.4 is 4.74 Å². The van der Waals surface area contributed by atoms with E-state index in [1.807, 2.05) is 0 Å². The van der Waals surface area contributed by atoms with E-state index in [2.05, 4.69) is 4.74 Å². The number of hydrogen-bond acceptors (Lipinski definition) is 2. The number of benzene rings is 1. The Labute approximate surface area is 105 Å². The number of rotatable bonds is 4. The zero-order valence-electron chi connectivity index (χ0n) is 9.63. The molecule has 1 aromatic rings. The molecule has 1 fully saturated rings. The Bertz CT molecular complexity index is 508. The van der Waals surface area contributed by atoms with Crippen molar-refractivity contribution in [2.75, 3.05) is 6.86 Å². The first-order chi connectivity index (χ1) is 8.81. The Balaban J connectivity index is 2.35. The van der Waals surface area contributed by atoms with Crippen molar-refractivity contribution in [3.8, 4) is 5.75 Å². The van der Waals surface area contributed by atoms with Gasteiger partial charge < -0.3 is 9.84 Å². The molecule has 104 valence electrons. The number of carboxylic acid groups (broad SMARTS) is 1. The third-order valence-corrected chi connectivity index (χ3v) is 3.22. The smallest absolute Gasteiger partial charge is 0.314 e. The van der Waals surface area contributed by atoms with Crippen LogP contribution in [0.25, 0.3) is 0 Å². The van der Waals surface area contributed by atoms with E-state index in [-0.39, 0.29) is 5.56 Å². The molecular formula is C12H10F4O3. The highest BCUT2D eigenvalue weighted by molar-refractivity contribution is 5.83. The van der Waals surface area contributed by atoms with Crippen molar-refractivity contribution in [1.29, 1.82) is 0 Å². The molecule has 0 aliphatic heterocycles. The number of aliphatic carboxylic acids is 1. The van der Waals surface area contributed by atoms with Crippen LogP contribution in [0.3, 0.4) is 0 Å². The molecule has 7 heteroatoms. The number of halogens is 4. The Morgan fingerprint density at radius 3 is 2.42 bits per heavy atom. The molecule has 1 aliphatic carbocycles. The van der Waals surface area contributed by atoms with Crippen molar-refractivity contribution < 1.29 is 32.2 Å². The maximum Gasteiger partial charge on any atom is 0.314 e. The zero-order valence-corrected chi connectivity index (χ0v) is 9.63. The summed E-state index contributed by atoms with van der Waals surface area (Å²) in [6.07, 6.45) is -1.75. The van der Waals surface area contributed by atoms with E-state index < -0.39 is 48.6 Å². The van der Waals surface area contributed by atoms with Crippen molar-refractivity contribution >= 4 is 5.97 Å². The summed E-state index contributed by atoms with van der Waals surface area (Å²) in [6, 6.07) is 3.00. The summed E-state index contributed by atoms with van der Waals surface area (Å²) in [6.45, 7) is -1.24. The number of carbonyl (C=O) groups is 1. The summed E-state index contributed by atoms with van der Waals surface area (Å²) in [7, 11) is 0. The lowest BCUT2D eigenvalue weighted by molar-refractivity contribution is -0.174. The lowest BCUT2D eigenvalue weighted by Crippen LogP contribution is -2.54. The van der Waals surface area contributed by atoms with Crippen LogP contribution in [0.4, 0.5) is 17.6 Å². The van der Waals surface area contributed by atoms with Crippen LogP contribution in [-0.2, 0) is 10.2 Å². The minimum Gasteiger partial charge on any atom is -0.481 e. The van der Waals surface area contributed by atoms with Gasteiger partial charge in [-0.15, -0.1) is 0 Å². The van der Waals surface area contributed by atoms with E-state index in [4.69, 9.17) is 5.11 Å². The average molecular weight is 278 g/mol. The van der Waals surface area contributed by atoms with Crippen LogP contribution >= 0.6 is 0 Å². The second-order valence-electron chi connectivity index (χ2n) is 4.50. The normalized spacial score (nSPS) is 19.6. The van der Waals surface area contributed by atoms with Gasteiger partial charge in [0.15, 0.2) is 11.6 Å². The molecule has 0 saturated heterocycles. The maximum absolute atomic E-state index is 13.5. The first-order valence-electron chi connectivity index (χ1n) is 5.41. The Kier molecular flexibility index (Phi) is 3.15. The van der Waals surface area contributed by atoms with Gasteiger partial charge in [0.1, 0.15) is 5.41 Å². The SMILES string of the molecule is O=C(O)C1(c2ccc(OCF)c(F)c2)CC(F)(F)C1. The van der Waals surface area contributed by atoms with Crippen LogP contribution in [0.15, 0.2) is 18.2 Å². The van der Waals surface area contributed by atoms with E-state index >= 15 is 0 Å². The molecule has 0 unspecified atom stereocenters. The fraction of sp³-hybridized carbons (Fsp3) is 0.417. The van der Waals surface area contributed by atoms with E-state index in [1.54, 1.807) is 0 Å². The minimum atomic E-state index is -3.07. The van der Waals surface area contributed by atoms with Gasteiger partial charge in [0.05, 0.1) is 0 Å². The lowest BCUT2D eigenvalue weighted by Gasteiger charge is -2.44. The van der Waals surface area contributed by atoms with E-state index in [0.717, 1.165) is 18.2 Å². The summed E-state index contributed by atoms with van der Waals surface area (Å²) in [5, 5.41) is 9.09. The van der Waals surface area contributed by atoms with Gasteiger partial charge in [-0.1, -0.05) is 6.07 Å². The van der Waals surface area contributed by atoms with Crippen LogP contribution in [0, 0.1) is 5.82 Å². The highest BCUT2D eigenvalue weighted by atomic mass is 19.3. The number of alkyl halides is 3. The third kappa shape index (κ3) is 2.24. The van der Waals surface area contributed by atoms with Gasteiger partial charge in [-0.05, 0) is 17.7 Å². The highest BCUT2D eigenvalue weighted by Gasteiger charge is 2.62.